The van der Waals surface area contributed by atoms with Gasteiger partial charge in [-0.15, -0.1) is 12.6 Å². The third-order valence-corrected chi connectivity index (χ3v) is 11.3. The summed E-state index contributed by atoms with van der Waals surface area (Å²) in [6.07, 6.45) is 1.42. The van der Waals surface area contributed by atoms with E-state index < -0.39 is 0 Å². The van der Waals surface area contributed by atoms with Crippen molar-refractivity contribution >= 4 is 62.6 Å². The van der Waals surface area contributed by atoms with Gasteiger partial charge < -0.3 is 20.1 Å². The molecule has 2 heterocycles. The molecule has 3 N–H and O–H groups in total. The highest BCUT2D eigenvalue weighted by molar-refractivity contribution is 7.80. The van der Waals surface area contributed by atoms with Crippen molar-refractivity contribution in [3.63, 3.8) is 0 Å². The molecule has 11 rings (SSSR count). The smallest absolute Gasteiger partial charge is 0.143 e. The minimum absolute atomic E-state index is 0.556. The van der Waals surface area contributed by atoms with Gasteiger partial charge in [0, 0.05) is 61.6 Å². The Balaban J connectivity index is 0.000000144. The van der Waals surface area contributed by atoms with Crippen LogP contribution < -0.4 is 5.73 Å². The Labute approximate surface area is 361 Å². The van der Waals surface area contributed by atoms with Crippen LogP contribution in [-0.2, 0) is 6.54 Å². The number of nitrogens with zero attached hydrogens (tertiary/aromatic N) is 1. The molecule has 294 valence electrons. The normalized spacial score (nSPS) is 10.9. The molecular formula is C56H43N3OS. The molecule has 0 spiro atoms. The van der Waals surface area contributed by atoms with Gasteiger partial charge in [-0.3, -0.25) is 0 Å². The summed E-state index contributed by atoms with van der Waals surface area (Å²) in [5.41, 5.74) is 19.9. The molecule has 0 amide bonds. The van der Waals surface area contributed by atoms with Crippen molar-refractivity contribution in [1.29, 1.82) is 5.41 Å². The van der Waals surface area contributed by atoms with Crippen molar-refractivity contribution in [1.82, 2.24) is 4.57 Å². The fourth-order valence-corrected chi connectivity index (χ4v) is 8.32. The van der Waals surface area contributed by atoms with E-state index in [9.17, 15) is 0 Å². The maximum absolute atomic E-state index is 8.08. The molecule has 0 aliphatic carbocycles. The van der Waals surface area contributed by atoms with Crippen LogP contribution in [0.25, 0.3) is 82.8 Å². The second kappa shape index (κ2) is 17.8. The maximum Gasteiger partial charge on any atom is 0.143 e. The van der Waals surface area contributed by atoms with E-state index in [-0.39, 0.29) is 0 Å². The van der Waals surface area contributed by atoms with Crippen LogP contribution in [0, 0.1) is 5.41 Å². The number of fused-ring (bicyclic) bond motifs is 6. The Morgan fingerprint density at radius 2 is 1.03 bits per heavy atom. The number of benzene rings is 9. The van der Waals surface area contributed by atoms with E-state index in [1.807, 2.05) is 72.8 Å². The van der Waals surface area contributed by atoms with Crippen molar-refractivity contribution in [2.24, 2.45) is 5.73 Å². The van der Waals surface area contributed by atoms with E-state index in [0.717, 1.165) is 65.8 Å². The van der Waals surface area contributed by atoms with Gasteiger partial charge in [0.1, 0.15) is 11.2 Å². The molecular weight excluding hydrogens is 763 g/mol. The number of para-hydroxylation sites is 2. The molecule has 0 saturated carbocycles. The first-order valence-electron chi connectivity index (χ1n) is 20.3. The first-order chi connectivity index (χ1) is 30.1. The molecule has 0 bridgehead atoms. The Morgan fingerprint density at radius 1 is 0.475 bits per heavy atom. The van der Waals surface area contributed by atoms with Gasteiger partial charge in [0.15, 0.2) is 0 Å². The molecule has 11 aromatic rings. The van der Waals surface area contributed by atoms with Crippen LogP contribution in [0.5, 0.6) is 0 Å². The minimum Gasteiger partial charge on any atom is -0.455 e. The number of nitrogens with two attached hydrogens (primary N) is 1. The van der Waals surface area contributed by atoms with Crippen LogP contribution >= 0.6 is 12.6 Å². The zero-order valence-electron chi connectivity index (χ0n) is 33.4. The first-order valence-corrected chi connectivity index (χ1v) is 20.8. The quantitative estimate of drug-likeness (QED) is 0.116. The van der Waals surface area contributed by atoms with Crippen LogP contribution in [0.2, 0.25) is 0 Å². The monoisotopic (exact) mass is 805 g/mol. The molecule has 0 aliphatic rings. The molecule has 0 saturated heterocycles. The molecule has 4 nitrogen and oxygen atoms in total. The highest BCUT2D eigenvalue weighted by Gasteiger charge is 2.20. The van der Waals surface area contributed by atoms with Gasteiger partial charge in [0.2, 0.25) is 0 Å². The Morgan fingerprint density at radius 3 is 1.64 bits per heavy atom. The molecule has 9 aromatic carbocycles. The predicted octanol–water partition coefficient (Wildman–Crippen LogP) is 14.8. The van der Waals surface area contributed by atoms with Gasteiger partial charge in [-0.1, -0.05) is 164 Å². The van der Waals surface area contributed by atoms with Gasteiger partial charge in [-0.25, -0.2) is 0 Å². The Bertz CT molecular complexity index is 3230. The topological polar surface area (TPSA) is 67.9 Å². The second-order valence-electron chi connectivity index (χ2n) is 14.7. The summed E-state index contributed by atoms with van der Waals surface area (Å²) in [6, 6.07) is 74.7. The lowest BCUT2D eigenvalue weighted by Gasteiger charge is -2.08. The molecule has 0 radical (unpaired) electrons. The van der Waals surface area contributed by atoms with Gasteiger partial charge >= 0.3 is 0 Å². The number of hydrogen-bond acceptors (Lipinski definition) is 4. The highest BCUT2D eigenvalue weighted by Crippen LogP contribution is 2.43. The molecule has 5 heteroatoms. The lowest BCUT2D eigenvalue weighted by molar-refractivity contribution is 0.671. The largest absolute Gasteiger partial charge is 0.455 e. The summed E-state index contributed by atoms with van der Waals surface area (Å²) >= 11 is 4.08. The summed E-state index contributed by atoms with van der Waals surface area (Å²) in [4.78, 5) is 1.02. The zero-order valence-corrected chi connectivity index (χ0v) is 34.3. The molecule has 0 fully saturated rings. The predicted molar refractivity (Wildman–Crippen MR) is 260 cm³/mol. The zero-order chi connectivity index (χ0) is 41.5. The van der Waals surface area contributed by atoms with Crippen molar-refractivity contribution in [3.05, 3.63) is 230 Å². The summed E-state index contributed by atoms with van der Waals surface area (Å²) in [6.45, 7) is 0.556. The van der Waals surface area contributed by atoms with Crippen molar-refractivity contribution in [3.8, 4) is 39.1 Å². The second-order valence-corrected chi connectivity index (χ2v) is 15.2. The van der Waals surface area contributed by atoms with Gasteiger partial charge in [-0.05, 0) is 82.4 Å². The summed E-state index contributed by atoms with van der Waals surface area (Å²) in [7, 11) is 0. The van der Waals surface area contributed by atoms with Crippen LogP contribution in [0.15, 0.2) is 228 Å². The van der Waals surface area contributed by atoms with E-state index in [0.29, 0.717) is 6.54 Å². The SMILES string of the molecule is N=Cc1ccc(-c2ccccc2)c2oc3c(-c4ccccc4)cc(-c4ccccc4)cc3c12.NCc1cccc2c1c1ccccc1n2-c1ccccc1.Sc1ccccc1. The molecule has 2 aromatic heterocycles. The third kappa shape index (κ3) is 7.88. The van der Waals surface area contributed by atoms with Crippen LogP contribution in [-0.4, -0.2) is 10.8 Å². The molecule has 0 atom stereocenters. The first kappa shape index (κ1) is 39.0. The summed E-state index contributed by atoms with van der Waals surface area (Å²) < 4.78 is 8.96. The maximum atomic E-state index is 8.08. The van der Waals surface area contributed by atoms with Crippen LogP contribution in [0.3, 0.4) is 0 Å². The molecule has 0 unspecified atom stereocenters. The minimum atomic E-state index is 0.556. The standard InChI is InChI=1S/C31H21NO.C19H16N2.C6H6S/c32-20-24-16-17-26(22-12-6-2-7-13-22)31-29(24)28-19-25(21-10-4-1-5-11-21)18-27(30(28)33-31)23-14-8-3-9-15-23;20-13-14-7-6-12-18-19(14)16-10-4-5-11-17(16)21(18)15-8-2-1-3-9-15;7-6-4-2-1-3-5-6/h1-20,32H;1-12H,13,20H2;1-5,7H. The fourth-order valence-electron chi connectivity index (χ4n) is 8.15. The highest BCUT2D eigenvalue weighted by atomic mass is 32.1. The fraction of sp³-hybridized carbons (Fsp3) is 0.0179. The van der Waals surface area contributed by atoms with Crippen molar-refractivity contribution in [2.75, 3.05) is 0 Å². The van der Waals surface area contributed by atoms with Gasteiger partial charge in [0.05, 0.1) is 11.0 Å². The summed E-state index contributed by atoms with van der Waals surface area (Å²) in [5, 5.41) is 12.6. The third-order valence-electron chi connectivity index (χ3n) is 11.0. The van der Waals surface area contributed by atoms with Gasteiger partial charge in [0.25, 0.3) is 0 Å². The average molecular weight is 806 g/mol. The van der Waals surface area contributed by atoms with E-state index in [2.05, 4.69) is 163 Å². The van der Waals surface area contributed by atoms with Crippen molar-refractivity contribution < 1.29 is 4.42 Å². The van der Waals surface area contributed by atoms with Gasteiger partial charge in [-0.2, -0.15) is 0 Å². The number of nitrogens with one attached hydrogen (secondary N) is 1. The number of rotatable bonds is 6. The number of furan rings is 1. The Kier molecular flexibility index (Phi) is 11.4. The molecule has 0 aliphatic heterocycles. The number of thiol groups is 1. The molecule has 61 heavy (non-hydrogen) atoms. The lowest BCUT2D eigenvalue weighted by atomic mass is 9.94. The van der Waals surface area contributed by atoms with E-state index in [4.69, 9.17) is 15.6 Å². The Hall–Kier alpha value is -7.44. The van der Waals surface area contributed by atoms with Crippen LogP contribution in [0.1, 0.15) is 11.1 Å². The van der Waals surface area contributed by atoms with E-state index in [1.54, 1.807) is 0 Å². The average Bonchev–Trinajstić information content (AvgIpc) is 3.90. The van der Waals surface area contributed by atoms with Crippen LogP contribution in [0.4, 0.5) is 0 Å². The van der Waals surface area contributed by atoms with Crippen molar-refractivity contribution in [2.45, 2.75) is 11.4 Å². The van der Waals surface area contributed by atoms with E-state index >= 15 is 0 Å². The lowest BCUT2D eigenvalue weighted by Crippen LogP contribution is -1.97. The number of aromatic nitrogens is 1. The van der Waals surface area contributed by atoms with E-state index in [1.165, 1.54) is 39.3 Å². The summed E-state index contributed by atoms with van der Waals surface area (Å²) in [5.74, 6) is 0. The number of hydrogen-bond donors (Lipinski definition) is 3.